The lowest BCUT2D eigenvalue weighted by Gasteiger charge is -2.10. The van der Waals surface area contributed by atoms with Gasteiger partial charge in [0.2, 0.25) is 0 Å². The Bertz CT molecular complexity index is 538. The Balaban J connectivity index is 1.74. The number of hydrogen-bond acceptors (Lipinski definition) is 6. The topological polar surface area (TPSA) is 85.1 Å². The van der Waals surface area contributed by atoms with Crippen molar-refractivity contribution in [3.63, 3.8) is 0 Å². The van der Waals surface area contributed by atoms with Gasteiger partial charge in [-0.15, -0.1) is 0 Å². The highest BCUT2D eigenvalue weighted by molar-refractivity contribution is 9.10. The summed E-state index contributed by atoms with van der Waals surface area (Å²) >= 11 is 3.39. The van der Waals surface area contributed by atoms with E-state index in [9.17, 15) is 0 Å². The standard InChI is InChI=1S/C13H16BrN5O/c14-11-12(17-9-18-13(11)19-15)16-7-4-8-20-10-5-2-1-3-6-10/h1-3,5-6,9H,4,7-8,15H2,(H2,16,17,18,19). The molecule has 0 aliphatic carbocycles. The molecule has 0 saturated heterocycles. The number of ether oxygens (including phenoxy) is 1. The number of nitrogens with two attached hydrogens (primary N) is 1. The predicted molar refractivity (Wildman–Crippen MR) is 82.6 cm³/mol. The molecule has 106 valence electrons. The van der Waals surface area contributed by atoms with Crippen LogP contribution in [0.2, 0.25) is 0 Å². The van der Waals surface area contributed by atoms with E-state index in [2.05, 4.69) is 36.6 Å². The van der Waals surface area contributed by atoms with E-state index in [1.807, 2.05) is 30.3 Å². The fraction of sp³-hybridized carbons (Fsp3) is 0.231. The molecule has 0 aliphatic heterocycles. The highest BCUT2D eigenvalue weighted by Gasteiger charge is 2.06. The SMILES string of the molecule is NNc1ncnc(NCCCOc2ccccc2)c1Br. The fourth-order valence-electron chi connectivity index (χ4n) is 1.58. The van der Waals surface area contributed by atoms with Crippen molar-refractivity contribution in [3.8, 4) is 5.75 Å². The highest BCUT2D eigenvalue weighted by Crippen LogP contribution is 2.25. The van der Waals surface area contributed by atoms with Gasteiger partial charge in [0.25, 0.3) is 0 Å². The van der Waals surface area contributed by atoms with Gasteiger partial charge in [0, 0.05) is 6.54 Å². The largest absolute Gasteiger partial charge is 0.494 e. The molecule has 0 fully saturated rings. The number of nitrogens with zero attached hydrogens (tertiary/aromatic N) is 2. The number of nitrogen functional groups attached to an aromatic ring is 1. The summed E-state index contributed by atoms with van der Waals surface area (Å²) in [6.45, 7) is 1.38. The minimum atomic E-state index is 0.544. The molecule has 0 aliphatic rings. The molecule has 0 unspecified atom stereocenters. The van der Waals surface area contributed by atoms with E-state index in [0.29, 0.717) is 22.7 Å². The van der Waals surface area contributed by atoms with Gasteiger partial charge in [0.1, 0.15) is 22.4 Å². The number of hydrogen-bond donors (Lipinski definition) is 3. The van der Waals surface area contributed by atoms with Crippen LogP contribution in [0, 0.1) is 0 Å². The van der Waals surface area contributed by atoms with Crippen molar-refractivity contribution < 1.29 is 4.74 Å². The lowest BCUT2D eigenvalue weighted by atomic mass is 10.3. The average Bonchev–Trinajstić information content (AvgIpc) is 2.49. The Morgan fingerprint density at radius 2 is 1.90 bits per heavy atom. The number of benzene rings is 1. The van der Waals surface area contributed by atoms with Crippen molar-refractivity contribution in [1.29, 1.82) is 0 Å². The van der Waals surface area contributed by atoms with Gasteiger partial charge in [0.15, 0.2) is 5.82 Å². The summed E-state index contributed by atoms with van der Waals surface area (Å²) in [6, 6.07) is 9.74. The van der Waals surface area contributed by atoms with Crippen LogP contribution in [0.1, 0.15) is 6.42 Å². The summed E-state index contributed by atoms with van der Waals surface area (Å²) in [5.74, 6) is 7.47. The Hall–Kier alpha value is -1.86. The normalized spacial score (nSPS) is 10.1. The van der Waals surface area contributed by atoms with E-state index in [1.165, 1.54) is 6.33 Å². The van der Waals surface area contributed by atoms with Gasteiger partial charge < -0.3 is 15.5 Å². The molecule has 20 heavy (non-hydrogen) atoms. The van der Waals surface area contributed by atoms with Crippen LogP contribution >= 0.6 is 15.9 Å². The van der Waals surface area contributed by atoms with Gasteiger partial charge in [0.05, 0.1) is 6.61 Å². The number of para-hydroxylation sites is 1. The zero-order valence-electron chi connectivity index (χ0n) is 10.8. The van der Waals surface area contributed by atoms with Gasteiger partial charge in [-0.05, 0) is 34.5 Å². The van der Waals surface area contributed by atoms with Gasteiger partial charge >= 0.3 is 0 Å². The molecule has 0 amide bonds. The molecule has 1 heterocycles. The smallest absolute Gasteiger partial charge is 0.159 e. The highest BCUT2D eigenvalue weighted by atomic mass is 79.9. The summed E-state index contributed by atoms with van der Waals surface area (Å²) in [7, 11) is 0. The predicted octanol–water partition coefficient (Wildman–Crippen LogP) is 2.41. The molecular formula is C13H16BrN5O. The van der Waals surface area contributed by atoms with Crippen LogP contribution < -0.4 is 21.3 Å². The number of nitrogens with one attached hydrogen (secondary N) is 2. The van der Waals surface area contributed by atoms with E-state index in [0.717, 1.165) is 18.7 Å². The summed E-state index contributed by atoms with van der Waals surface area (Å²) in [5, 5.41) is 3.20. The molecule has 0 spiro atoms. The van der Waals surface area contributed by atoms with Gasteiger partial charge in [-0.3, -0.25) is 0 Å². The van der Waals surface area contributed by atoms with Gasteiger partial charge in [-0.1, -0.05) is 18.2 Å². The first-order valence-electron chi connectivity index (χ1n) is 6.20. The van der Waals surface area contributed by atoms with Crippen LogP contribution in [-0.2, 0) is 0 Å². The molecule has 0 bridgehead atoms. The van der Waals surface area contributed by atoms with Crippen molar-refractivity contribution in [2.45, 2.75) is 6.42 Å². The maximum absolute atomic E-state index is 5.60. The number of hydrazine groups is 1. The quantitative estimate of drug-likeness (QED) is 0.408. The number of aromatic nitrogens is 2. The van der Waals surface area contributed by atoms with E-state index < -0.39 is 0 Å². The van der Waals surface area contributed by atoms with Crippen LogP contribution in [0.4, 0.5) is 11.6 Å². The van der Waals surface area contributed by atoms with Gasteiger partial charge in [-0.2, -0.15) is 0 Å². The third kappa shape index (κ3) is 4.07. The first-order chi connectivity index (χ1) is 9.81. The van der Waals surface area contributed by atoms with E-state index in [1.54, 1.807) is 0 Å². The maximum atomic E-state index is 5.60. The Labute approximate surface area is 125 Å². The molecule has 2 aromatic rings. The zero-order chi connectivity index (χ0) is 14.2. The van der Waals surface area contributed by atoms with E-state index >= 15 is 0 Å². The molecular weight excluding hydrogens is 322 g/mol. The minimum Gasteiger partial charge on any atom is -0.494 e. The maximum Gasteiger partial charge on any atom is 0.159 e. The van der Waals surface area contributed by atoms with Crippen molar-refractivity contribution in [1.82, 2.24) is 9.97 Å². The van der Waals surface area contributed by atoms with Crippen LogP contribution in [0.25, 0.3) is 0 Å². The third-order valence-electron chi connectivity index (χ3n) is 2.55. The molecule has 4 N–H and O–H groups in total. The van der Waals surface area contributed by atoms with Crippen LogP contribution in [0.15, 0.2) is 41.1 Å². The molecule has 1 aromatic heterocycles. The monoisotopic (exact) mass is 337 g/mol. The number of anilines is 2. The lowest BCUT2D eigenvalue weighted by molar-refractivity contribution is 0.315. The van der Waals surface area contributed by atoms with Crippen LogP contribution in [0.5, 0.6) is 5.75 Å². The first-order valence-corrected chi connectivity index (χ1v) is 6.99. The van der Waals surface area contributed by atoms with Crippen molar-refractivity contribution >= 4 is 27.6 Å². The van der Waals surface area contributed by atoms with E-state index in [4.69, 9.17) is 10.6 Å². The van der Waals surface area contributed by atoms with Crippen molar-refractivity contribution in [2.75, 3.05) is 23.9 Å². The van der Waals surface area contributed by atoms with Gasteiger partial charge in [-0.25, -0.2) is 15.8 Å². The summed E-state index contributed by atoms with van der Waals surface area (Å²) in [6.07, 6.45) is 2.31. The molecule has 6 nitrogen and oxygen atoms in total. The molecule has 0 radical (unpaired) electrons. The molecule has 0 atom stereocenters. The number of rotatable bonds is 7. The first kappa shape index (κ1) is 14.5. The molecule has 7 heteroatoms. The molecule has 2 rings (SSSR count). The Morgan fingerprint density at radius 3 is 2.65 bits per heavy atom. The summed E-state index contributed by atoms with van der Waals surface area (Å²) in [5.41, 5.74) is 2.50. The fourth-order valence-corrected chi connectivity index (χ4v) is 2.04. The molecule has 1 aromatic carbocycles. The second-order valence-corrected chi connectivity index (χ2v) is 4.76. The molecule has 0 saturated carbocycles. The van der Waals surface area contributed by atoms with Crippen LogP contribution in [0.3, 0.4) is 0 Å². The summed E-state index contributed by atoms with van der Waals surface area (Å²) in [4.78, 5) is 8.12. The minimum absolute atomic E-state index is 0.544. The Kier molecular flexibility index (Phi) is 5.57. The van der Waals surface area contributed by atoms with E-state index in [-0.39, 0.29) is 0 Å². The van der Waals surface area contributed by atoms with Crippen LogP contribution in [-0.4, -0.2) is 23.1 Å². The zero-order valence-corrected chi connectivity index (χ0v) is 12.4. The van der Waals surface area contributed by atoms with Crippen molar-refractivity contribution in [2.24, 2.45) is 5.84 Å². The number of halogens is 1. The second kappa shape index (κ2) is 7.66. The van der Waals surface area contributed by atoms with Crippen molar-refractivity contribution in [3.05, 3.63) is 41.1 Å². The second-order valence-electron chi connectivity index (χ2n) is 3.97. The Morgan fingerprint density at radius 1 is 1.15 bits per heavy atom. The average molecular weight is 338 g/mol. The lowest BCUT2D eigenvalue weighted by Crippen LogP contribution is -2.13. The third-order valence-corrected chi connectivity index (χ3v) is 3.30. The summed E-state index contributed by atoms with van der Waals surface area (Å²) < 4.78 is 6.32.